The molecule has 0 aromatic heterocycles. The number of alkyl carbamates (subject to hydrolysis) is 1. The summed E-state index contributed by atoms with van der Waals surface area (Å²) in [5.41, 5.74) is -1.95. The molecule has 10 heteroatoms. The standard InChI is InChI=1S/C18H25F3N2O4S/c1-17(2,3)27-16(24)22-13-9-5-6-10-14(13)23-28(25,26)15-11-7-4-8-12(15)18(19,20)21/h4,7-8,11,13-14,23H,5-6,9-10H2,1-3H3,(H,22,24)/t13-,14+/m0/s1. The molecule has 0 aliphatic heterocycles. The van der Waals surface area contributed by atoms with Gasteiger partial charge in [0.25, 0.3) is 0 Å². The van der Waals surface area contributed by atoms with E-state index in [4.69, 9.17) is 4.74 Å². The second kappa shape index (κ2) is 8.28. The average Bonchev–Trinajstić information content (AvgIpc) is 2.54. The van der Waals surface area contributed by atoms with Crippen LogP contribution in [-0.2, 0) is 20.9 Å². The van der Waals surface area contributed by atoms with Crippen LogP contribution in [0.3, 0.4) is 0 Å². The van der Waals surface area contributed by atoms with E-state index in [0.717, 1.165) is 24.6 Å². The summed E-state index contributed by atoms with van der Waals surface area (Å²) in [5.74, 6) is 0. The van der Waals surface area contributed by atoms with Gasteiger partial charge in [-0.1, -0.05) is 25.0 Å². The van der Waals surface area contributed by atoms with Crippen molar-refractivity contribution in [3.8, 4) is 0 Å². The molecule has 2 rings (SSSR count). The molecule has 1 aromatic carbocycles. The molecule has 6 nitrogen and oxygen atoms in total. The molecule has 0 spiro atoms. The molecule has 0 heterocycles. The first-order chi connectivity index (χ1) is 12.8. The van der Waals surface area contributed by atoms with Crippen molar-refractivity contribution in [2.24, 2.45) is 0 Å². The number of sulfonamides is 1. The molecule has 1 aliphatic rings. The molecule has 2 atom stereocenters. The Hall–Kier alpha value is -1.81. The molecule has 1 aliphatic carbocycles. The quantitative estimate of drug-likeness (QED) is 0.773. The van der Waals surface area contributed by atoms with E-state index in [1.807, 2.05) is 0 Å². The highest BCUT2D eigenvalue weighted by Crippen LogP contribution is 2.34. The van der Waals surface area contributed by atoms with Crippen molar-refractivity contribution in [1.29, 1.82) is 0 Å². The van der Waals surface area contributed by atoms with Crippen molar-refractivity contribution in [2.75, 3.05) is 0 Å². The Morgan fingerprint density at radius 3 is 2.21 bits per heavy atom. The Bertz CT molecular complexity index is 804. The number of ether oxygens (including phenoxy) is 1. The fourth-order valence-corrected chi connectivity index (χ4v) is 4.64. The van der Waals surface area contributed by atoms with Crippen LogP contribution in [0.4, 0.5) is 18.0 Å². The van der Waals surface area contributed by atoms with E-state index in [1.54, 1.807) is 20.8 Å². The molecule has 0 radical (unpaired) electrons. The Balaban J connectivity index is 2.21. The first kappa shape index (κ1) is 22.5. The van der Waals surface area contributed by atoms with Gasteiger partial charge in [0.15, 0.2) is 0 Å². The number of benzene rings is 1. The van der Waals surface area contributed by atoms with Crippen LogP contribution in [0, 0.1) is 0 Å². The Kier molecular flexibility index (Phi) is 6.65. The van der Waals surface area contributed by atoms with E-state index < -0.39 is 50.4 Å². The van der Waals surface area contributed by atoms with Crippen molar-refractivity contribution in [3.63, 3.8) is 0 Å². The maximum atomic E-state index is 13.2. The predicted molar refractivity (Wildman–Crippen MR) is 97.2 cm³/mol. The van der Waals surface area contributed by atoms with E-state index in [2.05, 4.69) is 10.0 Å². The third kappa shape index (κ3) is 6.10. The van der Waals surface area contributed by atoms with E-state index >= 15 is 0 Å². The van der Waals surface area contributed by atoms with Crippen molar-refractivity contribution in [2.45, 2.75) is 75.2 Å². The maximum absolute atomic E-state index is 13.2. The number of halogens is 3. The third-order valence-electron chi connectivity index (χ3n) is 4.26. The number of rotatable bonds is 4. The number of carbonyl (C=O) groups is 1. The largest absolute Gasteiger partial charge is 0.444 e. The first-order valence-electron chi connectivity index (χ1n) is 8.98. The van der Waals surface area contributed by atoms with Gasteiger partial charge in [0.05, 0.1) is 10.5 Å². The van der Waals surface area contributed by atoms with Crippen LogP contribution in [0.15, 0.2) is 29.2 Å². The van der Waals surface area contributed by atoms with Gasteiger partial charge >= 0.3 is 12.3 Å². The zero-order valence-electron chi connectivity index (χ0n) is 16.0. The van der Waals surface area contributed by atoms with Gasteiger partial charge in [-0.3, -0.25) is 0 Å². The number of alkyl halides is 3. The van der Waals surface area contributed by atoms with Crippen molar-refractivity contribution < 1.29 is 31.1 Å². The summed E-state index contributed by atoms with van der Waals surface area (Å²) in [4.78, 5) is 11.2. The fraction of sp³-hybridized carbons (Fsp3) is 0.611. The summed E-state index contributed by atoms with van der Waals surface area (Å²) >= 11 is 0. The highest BCUT2D eigenvalue weighted by Gasteiger charge is 2.38. The highest BCUT2D eigenvalue weighted by molar-refractivity contribution is 7.89. The van der Waals surface area contributed by atoms with Crippen molar-refractivity contribution in [1.82, 2.24) is 10.0 Å². The van der Waals surface area contributed by atoms with Crippen LogP contribution in [0.5, 0.6) is 0 Å². The second-order valence-corrected chi connectivity index (χ2v) is 9.44. The highest BCUT2D eigenvalue weighted by atomic mass is 32.2. The lowest BCUT2D eigenvalue weighted by molar-refractivity contribution is -0.139. The van der Waals surface area contributed by atoms with Crippen molar-refractivity contribution in [3.05, 3.63) is 29.8 Å². The average molecular weight is 422 g/mol. The first-order valence-corrected chi connectivity index (χ1v) is 10.5. The van der Waals surface area contributed by atoms with Crippen LogP contribution in [0.25, 0.3) is 0 Å². The smallest absolute Gasteiger partial charge is 0.417 e. The van der Waals surface area contributed by atoms with Crippen LogP contribution >= 0.6 is 0 Å². The SMILES string of the molecule is CC(C)(C)OC(=O)N[C@H]1CCCC[C@H]1NS(=O)(=O)c1ccccc1C(F)(F)F. The molecule has 0 saturated heterocycles. The van der Waals surface area contributed by atoms with E-state index in [0.29, 0.717) is 19.3 Å². The number of hydrogen-bond donors (Lipinski definition) is 2. The molecule has 2 N–H and O–H groups in total. The summed E-state index contributed by atoms with van der Waals surface area (Å²) in [5, 5.41) is 2.63. The third-order valence-corrected chi connectivity index (χ3v) is 5.80. The predicted octanol–water partition coefficient (Wildman–Crippen LogP) is 3.82. The molecule has 28 heavy (non-hydrogen) atoms. The Morgan fingerprint density at radius 1 is 1.07 bits per heavy atom. The number of amides is 1. The van der Waals surface area contributed by atoms with Crippen LogP contribution in [0.2, 0.25) is 0 Å². The van der Waals surface area contributed by atoms with Gasteiger partial charge in [-0.25, -0.2) is 17.9 Å². The van der Waals surface area contributed by atoms with Gasteiger partial charge in [0, 0.05) is 12.1 Å². The zero-order valence-corrected chi connectivity index (χ0v) is 16.8. The van der Waals surface area contributed by atoms with Gasteiger partial charge in [0.1, 0.15) is 5.60 Å². The van der Waals surface area contributed by atoms with Gasteiger partial charge in [-0.05, 0) is 45.7 Å². The van der Waals surface area contributed by atoms with E-state index in [-0.39, 0.29) is 0 Å². The zero-order chi connectivity index (χ0) is 21.2. The minimum Gasteiger partial charge on any atom is -0.444 e. The van der Waals surface area contributed by atoms with Gasteiger partial charge < -0.3 is 10.1 Å². The van der Waals surface area contributed by atoms with Crippen LogP contribution in [-0.4, -0.2) is 32.2 Å². The molecule has 0 bridgehead atoms. The number of carbonyl (C=O) groups excluding carboxylic acids is 1. The normalized spacial score (nSPS) is 21.2. The molecule has 1 amide bonds. The molecule has 1 fully saturated rings. The minimum atomic E-state index is -4.80. The van der Waals surface area contributed by atoms with Crippen LogP contribution < -0.4 is 10.0 Å². The lowest BCUT2D eigenvalue weighted by Gasteiger charge is -2.33. The summed E-state index contributed by atoms with van der Waals surface area (Å²) in [7, 11) is -4.44. The molecule has 1 saturated carbocycles. The molecular formula is C18H25F3N2O4S. The molecular weight excluding hydrogens is 397 g/mol. The topological polar surface area (TPSA) is 84.5 Å². The lowest BCUT2D eigenvalue weighted by Crippen LogP contribution is -2.53. The Labute approximate surface area is 162 Å². The molecule has 158 valence electrons. The molecule has 0 unspecified atom stereocenters. The minimum absolute atomic E-state index is 0.397. The molecule has 1 aromatic rings. The summed E-state index contributed by atoms with van der Waals surface area (Å²) in [6, 6.07) is 2.72. The van der Waals surface area contributed by atoms with Crippen molar-refractivity contribution >= 4 is 16.1 Å². The summed E-state index contributed by atoms with van der Waals surface area (Å²) in [6.07, 6.45) is -3.15. The monoisotopic (exact) mass is 422 g/mol. The van der Waals surface area contributed by atoms with E-state index in [1.165, 1.54) is 6.07 Å². The maximum Gasteiger partial charge on any atom is 0.417 e. The van der Waals surface area contributed by atoms with Crippen LogP contribution in [0.1, 0.15) is 52.0 Å². The summed E-state index contributed by atoms with van der Waals surface area (Å²) in [6.45, 7) is 5.09. The second-order valence-electron chi connectivity index (χ2n) is 7.76. The Morgan fingerprint density at radius 2 is 1.64 bits per heavy atom. The van der Waals surface area contributed by atoms with Gasteiger partial charge in [-0.2, -0.15) is 13.2 Å². The lowest BCUT2D eigenvalue weighted by atomic mass is 9.91. The summed E-state index contributed by atoms with van der Waals surface area (Å²) < 4.78 is 72.5. The number of hydrogen-bond acceptors (Lipinski definition) is 4. The van der Waals surface area contributed by atoms with Gasteiger partial charge in [0.2, 0.25) is 10.0 Å². The van der Waals surface area contributed by atoms with E-state index in [9.17, 15) is 26.4 Å². The van der Waals surface area contributed by atoms with Gasteiger partial charge in [-0.15, -0.1) is 0 Å². The fourth-order valence-electron chi connectivity index (χ4n) is 3.10. The number of nitrogens with one attached hydrogen (secondary N) is 2.